The summed E-state index contributed by atoms with van der Waals surface area (Å²) in [5, 5.41) is 199. The number of aliphatic hydroxyl groups is 18. The molecule has 12 bridgehead atoms. The van der Waals surface area contributed by atoms with E-state index in [4.69, 9.17) is 66.3 Å². The van der Waals surface area contributed by atoms with E-state index in [0.29, 0.717) is 0 Å². The summed E-state index contributed by atoms with van der Waals surface area (Å²) >= 11 is 0. The second kappa shape index (κ2) is 27.7. The molecule has 444 valence electrons. The molecular formula is C44H76O32. The molecule has 32 atom stereocenters. The summed E-state index contributed by atoms with van der Waals surface area (Å²) in [6, 6.07) is 0. The average Bonchev–Trinajstić information content (AvgIpc) is 3.42. The summed E-state index contributed by atoms with van der Waals surface area (Å²) in [5.74, 6) is 0. The van der Waals surface area contributed by atoms with E-state index in [-0.39, 0.29) is 12.8 Å². The Hall–Kier alpha value is -1.28. The Morgan fingerprint density at radius 3 is 0.697 bits per heavy atom. The monoisotopic (exact) mass is 1120 g/mol. The van der Waals surface area contributed by atoms with Gasteiger partial charge in [-0.3, -0.25) is 0 Å². The van der Waals surface area contributed by atoms with Crippen molar-refractivity contribution in [2.24, 2.45) is 0 Å². The highest BCUT2D eigenvalue weighted by molar-refractivity contribution is 5.01. The molecule has 22 aliphatic rings. The standard InChI is InChI=1S/C44H76O32/c1-3-13(51)11-63-37-29(61)43-69-20(10-50)36(37)76-44-30(62)38(64-12-14(52)4-2)35(19(9-49)70-44)75-42-28(60)24(56)33(17(7-47)68-42)73-40-26(58)22(54)31(15(5-45)66-40)71-39-25(57)21(53)32(16(6-46)65-39)72-41-27(59)23(55)34(74-43)18(8-48)67-41/h13-62H,3-12H2,1-2H3/t13?,14?,15-,16-,17-,18-,19-,20-,21-,22-,23-,24-,25-,26-,27-,28-,29-,30-,31-,32-,33-,34-,35+,36+,37-,38-,39-,40-,41-,42-,43-,44-/m1/s1. The Bertz CT molecular complexity index is 1710. The van der Waals surface area contributed by atoms with E-state index < -0.39 is 249 Å². The summed E-state index contributed by atoms with van der Waals surface area (Å²) in [7, 11) is 0. The zero-order valence-electron chi connectivity index (χ0n) is 41.3. The first-order valence-electron chi connectivity index (χ1n) is 25.2. The van der Waals surface area contributed by atoms with Crippen molar-refractivity contribution in [2.45, 2.75) is 223 Å². The first-order valence-corrected chi connectivity index (χ1v) is 25.2. The predicted octanol–water partition coefficient (Wildman–Crippen LogP) is -11.5. The van der Waals surface area contributed by atoms with Gasteiger partial charge in [-0.25, -0.2) is 0 Å². The van der Waals surface area contributed by atoms with Gasteiger partial charge in [0.2, 0.25) is 0 Å². The normalized spacial score (nSPS) is 50.5. The maximum absolute atomic E-state index is 12.0. The number of ether oxygens (including phenoxy) is 14. The molecule has 0 aromatic rings. The van der Waals surface area contributed by atoms with Crippen LogP contribution in [-0.4, -0.2) is 341 Å². The van der Waals surface area contributed by atoms with Gasteiger partial charge in [-0.2, -0.15) is 0 Å². The smallest absolute Gasteiger partial charge is 0.187 e. The summed E-state index contributed by atoms with van der Waals surface area (Å²) in [6.45, 7) is -3.74. The Labute approximate surface area is 433 Å². The third-order valence-electron chi connectivity index (χ3n) is 14.5. The lowest BCUT2D eigenvalue weighted by Crippen LogP contribution is -2.69. The molecule has 22 heterocycles. The quantitative estimate of drug-likeness (QED) is 0.0768. The lowest BCUT2D eigenvalue weighted by molar-refractivity contribution is -0.406. The number of rotatable bonds is 14. The number of hydrogen-bond donors (Lipinski definition) is 18. The molecule has 76 heavy (non-hydrogen) atoms. The summed E-state index contributed by atoms with van der Waals surface area (Å²) < 4.78 is 82.3. The Balaban J connectivity index is 1.25. The lowest BCUT2D eigenvalue weighted by Gasteiger charge is -2.51. The van der Waals surface area contributed by atoms with Crippen molar-refractivity contribution in [1.82, 2.24) is 0 Å². The summed E-state index contributed by atoms with van der Waals surface area (Å²) in [6.07, 6.45) is -59.4. The Kier molecular flexibility index (Phi) is 22.7. The largest absolute Gasteiger partial charge is 0.394 e. The zero-order valence-corrected chi connectivity index (χ0v) is 41.3. The molecule has 0 aliphatic carbocycles. The topological polar surface area (TPSA) is 493 Å². The van der Waals surface area contributed by atoms with Crippen molar-refractivity contribution in [3.63, 3.8) is 0 Å². The molecule has 0 spiro atoms. The first kappa shape index (κ1) is 62.3. The molecule has 32 nitrogen and oxygen atoms in total. The fourth-order valence-electron chi connectivity index (χ4n) is 9.96. The van der Waals surface area contributed by atoms with Crippen LogP contribution in [0.5, 0.6) is 0 Å². The van der Waals surface area contributed by atoms with Gasteiger partial charge in [-0.1, -0.05) is 13.8 Å². The van der Waals surface area contributed by atoms with Gasteiger partial charge in [0.1, 0.15) is 146 Å². The average molecular weight is 1120 g/mol. The van der Waals surface area contributed by atoms with Crippen LogP contribution in [0.3, 0.4) is 0 Å². The van der Waals surface area contributed by atoms with Crippen LogP contribution in [0.1, 0.15) is 26.7 Å². The molecule has 18 N–H and O–H groups in total. The number of hydrogen-bond acceptors (Lipinski definition) is 32. The molecule has 0 aromatic heterocycles. The third-order valence-corrected chi connectivity index (χ3v) is 14.5. The van der Waals surface area contributed by atoms with Crippen LogP contribution in [0.15, 0.2) is 0 Å². The van der Waals surface area contributed by atoms with Crippen LogP contribution < -0.4 is 0 Å². The predicted molar refractivity (Wildman–Crippen MR) is 236 cm³/mol. The molecule has 0 radical (unpaired) electrons. The second-order valence-electron chi connectivity index (χ2n) is 19.6. The van der Waals surface area contributed by atoms with Crippen molar-refractivity contribution in [3.8, 4) is 0 Å². The first-order chi connectivity index (χ1) is 36.3. The maximum atomic E-state index is 12.0. The van der Waals surface area contributed by atoms with E-state index >= 15 is 0 Å². The van der Waals surface area contributed by atoms with Gasteiger partial charge in [0.15, 0.2) is 37.7 Å². The van der Waals surface area contributed by atoms with E-state index in [1.54, 1.807) is 13.8 Å². The lowest BCUT2D eigenvalue weighted by atomic mass is 9.94. The molecule has 0 saturated carbocycles. The summed E-state index contributed by atoms with van der Waals surface area (Å²) in [5.41, 5.74) is 0. The van der Waals surface area contributed by atoms with E-state index in [1.165, 1.54) is 0 Å². The van der Waals surface area contributed by atoms with Gasteiger partial charge in [0, 0.05) is 0 Å². The molecule has 2 unspecified atom stereocenters. The number of aliphatic hydroxyl groups excluding tert-OH is 18. The van der Waals surface area contributed by atoms with E-state index in [9.17, 15) is 91.9 Å². The molecule has 22 aliphatic heterocycles. The highest BCUT2D eigenvalue weighted by Gasteiger charge is 2.59. The molecule has 0 aromatic carbocycles. The van der Waals surface area contributed by atoms with Crippen LogP contribution in [0, 0.1) is 0 Å². The molecule has 22 fully saturated rings. The van der Waals surface area contributed by atoms with Crippen LogP contribution in [-0.2, 0) is 66.3 Å². The minimum Gasteiger partial charge on any atom is -0.394 e. The van der Waals surface area contributed by atoms with Crippen molar-refractivity contribution >= 4 is 0 Å². The van der Waals surface area contributed by atoms with E-state index in [2.05, 4.69) is 0 Å². The van der Waals surface area contributed by atoms with E-state index in [0.717, 1.165) is 0 Å². The minimum absolute atomic E-state index is 0.138. The van der Waals surface area contributed by atoms with Crippen molar-refractivity contribution in [1.29, 1.82) is 0 Å². The fourth-order valence-corrected chi connectivity index (χ4v) is 9.96. The maximum Gasteiger partial charge on any atom is 0.187 e. The van der Waals surface area contributed by atoms with Crippen LogP contribution >= 0.6 is 0 Å². The summed E-state index contributed by atoms with van der Waals surface area (Å²) in [4.78, 5) is 0. The van der Waals surface area contributed by atoms with Crippen LogP contribution in [0.25, 0.3) is 0 Å². The van der Waals surface area contributed by atoms with Gasteiger partial charge < -0.3 is 158 Å². The molecule has 32 heteroatoms. The second-order valence-corrected chi connectivity index (χ2v) is 19.6. The zero-order chi connectivity index (χ0) is 55.4. The van der Waals surface area contributed by atoms with Gasteiger partial charge in [0.25, 0.3) is 0 Å². The van der Waals surface area contributed by atoms with Gasteiger partial charge in [-0.05, 0) is 12.8 Å². The fraction of sp³-hybridized carbons (Fsp3) is 1.00. The van der Waals surface area contributed by atoms with Crippen LogP contribution in [0.4, 0.5) is 0 Å². The van der Waals surface area contributed by atoms with Crippen molar-refractivity contribution in [3.05, 3.63) is 0 Å². The molecular weight excluding hydrogens is 1040 g/mol. The van der Waals surface area contributed by atoms with Crippen molar-refractivity contribution < 1.29 is 158 Å². The Morgan fingerprint density at radius 2 is 0.487 bits per heavy atom. The van der Waals surface area contributed by atoms with Crippen molar-refractivity contribution in [2.75, 3.05) is 52.9 Å². The molecule has 22 rings (SSSR count). The Morgan fingerprint density at radius 1 is 0.289 bits per heavy atom. The van der Waals surface area contributed by atoms with Crippen LogP contribution in [0.2, 0.25) is 0 Å². The van der Waals surface area contributed by atoms with Gasteiger partial charge in [0.05, 0.1) is 65.1 Å². The van der Waals surface area contributed by atoms with Gasteiger partial charge in [-0.15, -0.1) is 0 Å². The highest BCUT2D eigenvalue weighted by Crippen LogP contribution is 2.39. The highest BCUT2D eigenvalue weighted by atomic mass is 16.8. The third kappa shape index (κ3) is 13.1. The van der Waals surface area contributed by atoms with Gasteiger partial charge >= 0.3 is 0 Å². The SMILES string of the molecule is CCC(O)CO[C@@H]1[C@@H](O)[C@H]2O[C@@H]3[C@H](OCC(O)CC)[C@@H](O)[C@@H](O[C@H]4[C@H](O)[C@@H](O)[C@@H](O[C@H]5[C@H](O)[C@@H](O)[C@@H](O[C@H]6[C@H](O)[C@@H](O)[C@@H](O[C@H]7[C@H](O)[C@@H](O)[C@@H](O[C@H]1[C@@H](CO)O2)O[C@@H]7CO)O[C@@H]6CO)O[C@@H]5CO)O[C@@H]4CO)O[C@@H]3CO. The molecule has 22 saturated heterocycles. The molecule has 0 amide bonds. The van der Waals surface area contributed by atoms with E-state index in [1.807, 2.05) is 0 Å². The minimum atomic E-state index is -2.16.